The summed E-state index contributed by atoms with van der Waals surface area (Å²) in [6.45, 7) is 0.773. The Hall–Kier alpha value is -1.28. The first-order chi connectivity index (χ1) is 8.36. The Morgan fingerprint density at radius 1 is 1.12 bits per heavy atom. The second-order valence-electron chi connectivity index (χ2n) is 5.29. The van der Waals surface area contributed by atoms with Crippen molar-refractivity contribution in [3.8, 4) is 0 Å². The summed E-state index contributed by atoms with van der Waals surface area (Å²) in [4.78, 5) is 3.39. The highest BCUT2D eigenvalue weighted by Gasteiger charge is 2.34. The van der Waals surface area contributed by atoms with Crippen LogP contribution in [0.2, 0.25) is 0 Å². The second kappa shape index (κ2) is 4.19. The zero-order valence-corrected chi connectivity index (χ0v) is 10.2. The minimum absolute atomic E-state index is 0.220. The third-order valence-corrected chi connectivity index (χ3v) is 4.36. The van der Waals surface area contributed by atoms with E-state index in [4.69, 9.17) is 5.73 Å². The topological polar surface area (TPSA) is 41.8 Å². The zero-order valence-electron chi connectivity index (χ0n) is 10.2. The van der Waals surface area contributed by atoms with E-state index < -0.39 is 0 Å². The van der Waals surface area contributed by atoms with Gasteiger partial charge in [-0.2, -0.15) is 0 Å². The van der Waals surface area contributed by atoms with Gasteiger partial charge in [0, 0.05) is 29.1 Å². The van der Waals surface area contributed by atoms with Gasteiger partial charge in [-0.05, 0) is 24.5 Å². The summed E-state index contributed by atoms with van der Waals surface area (Å²) in [6.07, 6.45) is 8.66. The molecule has 3 rings (SSSR count). The summed E-state index contributed by atoms with van der Waals surface area (Å²) in [5.74, 6) is 0. The van der Waals surface area contributed by atoms with E-state index in [0.29, 0.717) is 0 Å². The lowest BCUT2D eigenvalue weighted by Gasteiger charge is -2.36. The predicted molar refractivity (Wildman–Crippen MR) is 72.1 cm³/mol. The van der Waals surface area contributed by atoms with Gasteiger partial charge in [0.05, 0.1) is 0 Å². The van der Waals surface area contributed by atoms with Gasteiger partial charge < -0.3 is 10.7 Å². The van der Waals surface area contributed by atoms with Crippen molar-refractivity contribution in [2.45, 2.75) is 37.5 Å². The van der Waals surface area contributed by atoms with Gasteiger partial charge in [0.25, 0.3) is 0 Å². The van der Waals surface area contributed by atoms with E-state index in [9.17, 15) is 0 Å². The Balaban J connectivity index is 2.12. The molecule has 0 unspecified atom stereocenters. The first-order valence-electron chi connectivity index (χ1n) is 6.62. The van der Waals surface area contributed by atoms with Crippen LogP contribution in [0.25, 0.3) is 10.9 Å². The van der Waals surface area contributed by atoms with Gasteiger partial charge in [-0.1, -0.05) is 37.5 Å². The number of nitrogens with two attached hydrogens (primary N) is 1. The molecule has 1 aromatic carbocycles. The van der Waals surface area contributed by atoms with Gasteiger partial charge in [-0.15, -0.1) is 0 Å². The van der Waals surface area contributed by atoms with Crippen LogP contribution in [0.5, 0.6) is 0 Å². The van der Waals surface area contributed by atoms with Gasteiger partial charge in [-0.3, -0.25) is 0 Å². The molecule has 0 saturated heterocycles. The average Bonchev–Trinajstić information content (AvgIpc) is 2.84. The smallest absolute Gasteiger partial charge is 0.0457 e. The van der Waals surface area contributed by atoms with Crippen LogP contribution in [0, 0.1) is 0 Å². The monoisotopic (exact) mass is 228 g/mol. The van der Waals surface area contributed by atoms with Gasteiger partial charge in [0.15, 0.2) is 0 Å². The van der Waals surface area contributed by atoms with Crippen LogP contribution in [0.1, 0.15) is 37.7 Å². The number of H-pyrrole nitrogens is 1. The van der Waals surface area contributed by atoms with Crippen LogP contribution in [-0.2, 0) is 5.41 Å². The van der Waals surface area contributed by atoms with Gasteiger partial charge in [-0.25, -0.2) is 0 Å². The summed E-state index contributed by atoms with van der Waals surface area (Å²) in [6, 6.07) is 8.56. The first kappa shape index (κ1) is 10.8. The van der Waals surface area contributed by atoms with Crippen LogP contribution in [0.15, 0.2) is 30.5 Å². The van der Waals surface area contributed by atoms with E-state index in [-0.39, 0.29) is 5.41 Å². The molecule has 2 aromatic rings. The van der Waals surface area contributed by atoms with Crippen LogP contribution in [0.3, 0.4) is 0 Å². The summed E-state index contributed by atoms with van der Waals surface area (Å²) in [7, 11) is 0. The maximum absolute atomic E-state index is 6.11. The van der Waals surface area contributed by atoms with E-state index in [1.54, 1.807) is 0 Å². The number of para-hydroxylation sites is 1. The highest BCUT2D eigenvalue weighted by Crippen LogP contribution is 2.41. The summed E-state index contributed by atoms with van der Waals surface area (Å²) in [5, 5.41) is 1.36. The normalized spacial score (nSPS) is 19.6. The number of aromatic nitrogens is 1. The van der Waals surface area contributed by atoms with E-state index in [0.717, 1.165) is 6.54 Å². The third-order valence-electron chi connectivity index (χ3n) is 4.36. The number of nitrogens with one attached hydrogen (secondary N) is 1. The van der Waals surface area contributed by atoms with E-state index >= 15 is 0 Å². The lowest BCUT2D eigenvalue weighted by atomic mass is 9.69. The van der Waals surface area contributed by atoms with Crippen molar-refractivity contribution in [3.05, 3.63) is 36.0 Å². The van der Waals surface area contributed by atoms with Crippen molar-refractivity contribution in [2.24, 2.45) is 5.73 Å². The number of benzene rings is 1. The molecule has 0 radical (unpaired) electrons. The molecule has 1 aromatic heterocycles. The van der Waals surface area contributed by atoms with E-state index in [1.807, 2.05) is 0 Å². The molecule has 0 amide bonds. The van der Waals surface area contributed by atoms with Crippen LogP contribution < -0.4 is 5.73 Å². The molecule has 17 heavy (non-hydrogen) atoms. The molecule has 0 aliphatic heterocycles. The molecule has 90 valence electrons. The molecule has 2 nitrogen and oxygen atoms in total. The Morgan fingerprint density at radius 2 is 1.88 bits per heavy atom. The molecule has 0 spiro atoms. The highest BCUT2D eigenvalue weighted by atomic mass is 14.7. The molecule has 3 N–H and O–H groups in total. The number of fused-ring (bicyclic) bond motifs is 1. The largest absolute Gasteiger partial charge is 0.361 e. The third kappa shape index (κ3) is 1.67. The van der Waals surface area contributed by atoms with Gasteiger partial charge in [0.2, 0.25) is 0 Å². The van der Waals surface area contributed by atoms with Crippen molar-refractivity contribution in [1.82, 2.24) is 4.98 Å². The molecular formula is C15H20N2. The lowest BCUT2D eigenvalue weighted by molar-refractivity contribution is 0.303. The van der Waals surface area contributed by atoms with Crippen molar-refractivity contribution in [3.63, 3.8) is 0 Å². The van der Waals surface area contributed by atoms with Crippen LogP contribution >= 0.6 is 0 Å². The van der Waals surface area contributed by atoms with Crippen molar-refractivity contribution >= 4 is 10.9 Å². The fourth-order valence-electron chi connectivity index (χ4n) is 3.32. The molecule has 1 aliphatic rings. The SMILES string of the molecule is NCC1(c2c[nH]c3ccccc23)CCCCC1. The maximum atomic E-state index is 6.11. The molecule has 1 aliphatic carbocycles. The average molecular weight is 228 g/mol. The molecule has 2 heteroatoms. The Kier molecular flexibility index (Phi) is 2.67. The first-order valence-corrected chi connectivity index (χ1v) is 6.62. The quantitative estimate of drug-likeness (QED) is 0.813. The number of aromatic amines is 1. The Morgan fingerprint density at radius 3 is 2.65 bits per heavy atom. The van der Waals surface area contributed by atoms with Crippen molar-refractivity contribution < 1.29 is 0 Å². The van der Waals surface area contributed by atoms with Crippen LogP contribution in [0.4, 0.5) is 0 Å². The predicted octanol–water partition coefficient (Wildman–Crippen LogP) is 3.33. The van der Waals surface area contributed by atoms with E-state index in [2.05, 4.69) is 35.4 Å². The number of hydrogen-bond acceptors (Lipinski definition) is 1. The summed E-state index contributed by atoms with van der Waals surface area (Å²) >= 11 is 0. The molecule has 0 bridgehead atoms. The summed E-state index contributed by atoms with van der Waals surface area (Å²) in [5.41, 5.74) is 9.00. The molecule has 0 atom stereocenters. The Labute approximate surface area is 102 Å². The minimum Gasteiger partial charge on any atom is -0.361 e. The fourth-order valence-corrected chi connectivity index (χ4v) is 3.32. The lowest BCUT2D eigenvalue weighted by Crippen LogP contribution is -2.36. The molecule has 1 heterocycles. The molecule has 1 fully saturated rings. The van der Waals surface area contributed by atoms with E-state index in [1.165, 1.54) is 48.6 Å². The number of rotatable bonds is 2. The summed E-state index contributed by atoms with van der Waals surface area (Å²) < 4.78 is 0. The Bertz CT molecular complexity index is 506. The highest BCUT2D eigenvalue weighted by molar-refractivity contribution is 5.84. The standard InChI is InChI=1S/C15H20N2/c16-11-15(8-4-1-5-9-15)13-10-17-14-7-3-2-6-12(13)14/h2-3,6-7,10,17H,1,4-5,8-9,11,16H2. The van der Waals surface area contributed by atoms with Gasteiger partial charge in [0.1, 0.15) is 0 Å². The maximum Gasteiger partial charge on any atom is 0.0457 e. The van der Waals surface area contributed by atoms with Crippen molar-refractivity contribution in [2.75, 3.05) is 6.54 Å². The second-order valence-corrected chi connectivity index (χ2v) is 5.29. The molecular weight excluding hydrogens is 208 g/mol. The van der Waals surface area contributed by atoms with Crippen molar-refractivity contribution in [1.29, 1.82) is 0 Å². The number of hydrogen-bond donors (Lipinski definition) is 2. The minimum atomic E-state index is 0.220. The molecule has 1 saturated carbocycles. The zero-order chi connectivity index (χ0) is 11.7. The van der Waals surface area contributed by atoms with Gasteiger partial charge >= 0.3 is 0 Å². The fraction of sp³-hybridized carbons (Fsp3) is 0.467. The van der Waals surface area contributed by atoms with Crippen LogP contribution in [-0.4, -0.2) is 11.5 Å².